The van der Waals surface area contributed by atoms with E-state index in [1.807, 2.05) is 38.1 Å². The molecule has 2 aromatic carbocycles. The number of hydrogen-bond acceptors (Lipinski definition) is 4. The summed E-state index contributed by atoms with van der Waals surface area (Å²) in [5.74, 6) is -1.11. The van der Waals surface area contributed by atoms with Crippen LogP contribution in [0.1, 0.15) is 21.6 Å². The van der Waals surface area contributed by atoms with E-state index in [4.69, 9.17) is 0 Å². The molecule has 25 heavy (non-hydrogen) atoms. The van der Waals surface area contributed by atoms with Crippen LogP contribution in [0.3, 0.4) is 0 Å². The number of aromatic nitrogens is 1. The molecule has 4 nitrogen and oxygen atoms in total. The Morgan fingerprint density at radius 3 is 2.20 bits per heavy atom. The lowest BCUT2D eigenvalue weighted by Gasteiger charge is -2.16. The summed E-state index contributed by atoms with van der Waals surface area (Å²) in [4.78, 5) is 24.3. The first kappa shape index (κ1) is 19.1. The summed E-state index contributed by atoms with van der Waals surface area (Å²) in [5, 5.41) is 10.9. The number of hydrogen-bond donors (Lipinski definition) is 3. The van der Waals surface area contributed by atoms with E-state index in [0.29, 0.717) is 16.3 Å². The third kappa shape index (κ3) is 3.45. The van der Waals surface area contributed by atoms with Crippen molar-refractivity contribution in [2.45, 2.75) is 13.8 Å². The molecule has 0 saturated carbocycles. The van der Waals surface area contributed by atoms with Gasteiger partial charge in [-0.3, -0.25) is 4.79 Å². The number of nitrogens with zero attached hydrogens (tertiary/aromatic N) is 1. The number of carboxylic acids is 1. The number of thiol groups is 2. The normalized spacial score (nSPS) is 10.3. The summed E-state index contributed by atoms with van der Waals surface area (Å²) in [7, 11) is 1.51. The van der Waals surface area contributed by atoms with E-state index >= 15 is 0 Å². The smallest absolute Gasteiger partial charge is 0.353 e. The molecular weight excluding hydrogens is 354 g/mol. The van der Waals surface area contributed by atoms with E-state index in [9.17, 15) is 14.7 Å². The number of rotatable bonds is 2. The Hall–Kier alpha value is -2.18. The molecule has 0 atom stereocenters. The van der Waals surface area contributed by atoms with Gasteiger partial charge in [-0.15, -0.1) is 23.3 Å². The first-order valence-corrected chi connectivity index (χ1v) is 9.14. The SMILES string of the molecule is Cc1ccc(-c2c(C(=O)O)n(C)c(=O)c3ccccc23)c(C)c1.SS. The summed E-state index contributed by atoms with van der Waals surface area (Å²) in [6.45, 7) is 3.95. The van der Waals surface area contributed by atoms with E-state index < -0.39 is 5.97 Å². The molecule has 0 amide bonds. The fourth-order valence-corrected chi connectivity index (χ4v) is 3.08. The molecule has 3 rings (SSSR count). The van der Waals surface area contributed by atoms with Crippen molar-refractivity contribution >= 4 is 40.1 Å². The molecule has 0 saturated heterocycles. The predicted molar refractivity (Wildman–Crippen MR) is 109 cm³/mol. The molecule has 0 unspecified atom stereocenters. The van der Waals surface area contributed by atoms with Crippen LogP contribution in [0, 0.1) is 13.8 Å². The molecule has 0 radical (unpaired) electrons. The molecule has 0 bridgehead atoms. The lowest BCUT2D eigenvalue weighted by Crippen LogP contribution is -2.24. The summed E-state index contributed by atoms with van der Waals surface area (Å²) in [5.41, 5.74) is 3.23. The average Bonchev–Trinajstić information content (AvgIpc) is 2.60. The highest BCUT2D eigenvalue weighted by molar-refractivity contribution is 8.59. The van der Waals surface area contributed by atoms with Crippen molar-refractivity contribution in [3.63, 3.8) is 0 Å². The van der Waals surface area contributed by atoms with Gasteiger partial charge in [0.25, 0.3) is 5.56 Å². The van der Waals surface area contributed by atoms with E-state index in [-0.39, 0.29) is 11.3 Å². The zero-order chi connectivity index (χ0) is 18.7. The standard InChI is InChI=1S/C19H17NO3.H2S2/c1-11-8-9-13(12(2)10-11)16-14-6-4-5-7-15(14)18(21)20(3)17(16)19(22)23;1-2/h4-10H,1-3H3,(H,22,23);1-2H. The van der Waals surface area contributed by atoms with Gasteiger partial charge in [0, 0.05) is 18.0 Å². The van der Waals surface area contributed by atoms with E-state index in [0.717, 1.165) is 16.7 Å². The summed E-state index contributed by atoms with van der Waals surface area (Å²) in [6.07, 6.45) is 0. The predicted octanol–water partition coefficient (Wildman–Crippen LogP) is 4.28. The van der Waals surface area contributed by atoms with Gasteiger partial charge in [0.05, 0.1) is 0 Å². The second-order valence-electron chi connectivity index (χ2n) is 5.76. The second kappa shape index (κ2) is 7.80. The van der Waals surface area contributed by atoms with Crippen LogP contribution in [0.5, 0.6) is 0 Å². The van der Waals surface area contributed by atoms with E-state index in [1.54, 1.807) is 18.2 Å². The van der Waals surface area contributed by atoms with Crippen molar-refractivity contribution in [1.29, 1.82) is 0 Å². The van der Waals surface area contributed by atoms with Crippen LogP contribution in [-0.4, -0.2) is 15.6 Å². The lowest BCUT2D eigenvalue weighted by atomic mass is 9.93. The third-order valence-corrected chi connectivity index (χ3v) is 4.16. The lowest BCUT2D eigenvalue weighted by molar-refractivity contribution is 0.0686. The Kier molecular flexibility index (Phi) is 5.98. The van der Waals surface area contributed by atoms with Crippen LogP contribution in [0.15, 0.2) is 47.3 Å². The summed E-state index contributed by atoms with van der Waals surface area (Å²) in [6, 6.07) is 13.0. The molecule has 6 heteroatoms. The van der Waals surface area contributed by atoms with Crippen molar-refractivity contribution in [3.8, 4) is 11.1 Å². The molecule has 1 N–H and O–H groups in total. The highest BCUT2D eigenvalue weighted by Gasteiger charge is 2.21. The van der Waals surface area contributed by atoms with Gasteiger partial charge in [-0.2, -0.15) is 0 Å². The number of fused-ring (bicyclic) bond motifs is 1. The summed E-state index contributed by atoms with van der Waals surface area (Å²) >= 11 is 6.44. The number of carboxylic acid groups (broad SMARTS) is 1. The van der Waals surface area contributed by atoms with Gasteiger partial charge < -0.3 is 9.67 Å². The van der Waals surface area contributed by atoms with Crippen LogP contribution in [0.25, 0.3) is 21.9 Å². The molecule has 1 heterocycles. The fourth-order valence-electron chi connectivity index (χ4n) is 3.08. The molecular formula is C19H19NO3S2. The largest absolute Gasteiger partial charge is 0.477 e. The summed E-state index contributed by atoms with van der Waals surface area (Å²) < 4.78 is 1.22. The third-order valence-electron chi connectivity index (χ3n) is 4.16. The van der Waals surface area contributed by atoms with Gasteiger partial charge in [-0.1, -0.05) is 42.0 Å². The number of carbonyl (C=O) groups is 1. The highest BCUT2D eigenvalue weighted by Crippen LogP contribution is 2.33. The van der Waals surface area contributed by atoms with Crippen LogP contribution in [0.4, 0.5) is 0 Å². The quantitative estimate of drug-likeness (QED) is 0.464. The Bertz CT molecular complexity index is 1010. The van der Waals surface area contributed by atoms with E-state index in [2.05, 4.69) is 23.3 Å². The number of benzene rings is 2. The Morgan fingerprint density at radius 1 is 1.04 bits per heavy atom. The molecule has 0 aliphatic heterocycles. The highest BCUT2D eigenvalue weighted by atomic mass is 33.1. The topological polar surface area (TPSA) is 59.3 Å². The Balaban J connectivity index is 0.00000109. The maximum Gasteiger partial charge on any atom is 0.353 e. The van der Waals surface area contributed by atoms with Crippen molar-refractivity contribution in [3.05, 3.63) is 69.6 Å². The maximum atomic E-state index is 12.5. The first-order chi connectivity index (χ1) is 11.9. The van der Waals surface area contributed by atoms with Gasteiger partial charge in [0.15, 0.2) is 0 Å². The van der Waals surface area contributed by atoms with Crippen LogP contribution >= 0.6 is 23.3 Å². The van der Waals surface area contributed by atoms with Gasteiger partial charge in [0.1, 0.15) is 5.69 Å². The average molecular weight is 373 g/mol. The molecule has 130 valence electrons. The van der Waals surface area contributed by atoms with Crippen molar-refractivity contribution in [2.75, 3.05) is 0 Å². The van der Waals surface area contributed by atoms with Gasteiger partial charge >= 0.3 is 5.97 Å². The molecule has 3 aromatic rings. The zero-order valence-electron chi connectivity index (χ0n) is 14.1. The fraction of sp³-hybridized carbons (Fsp3) is 0.158. The van der Waals surface area contributed by atoms with Gasteiger partial charge in [-0.25, -0.2) is 4.79 Å². The molecule has 0 aliphatic carbocycles. The monoisotopic (exact) mass is 373 g/mol. The minimum absolute atomic E-state index is 0.0145. The van der Waals surface area contributed by atoms with Crippen molar-refractivity contribution < 1.29 is 9.90 Å². The minimum atomic E-state index is -1.11. The number of pyridine rings is 1. The molecule has 0 spiro atoms. The van der Waals surface area contributed by atoms with Gasteiger partial charge in [-0.05, 0) is 36.4 Å². The molecule has 0 fully saturated rings. The van der Waals surface area contributed by atoms with Crippen LogP contribution in [-0.2, 0) is 7.05 Å². The van der Waals surface area contributed by atoms with Crippen LogP contribution in [0.2, 0.25) is 0 Å². The second-order valence-corrected chi connectivity index (χ2v) is 5.76. The number of aryl methyl sites for hydroxylation is 2. The number of aromatic carboxylic acids is 1. The Labute approximate surface area is 156 Å². The minimum Gasteiger partial charge on any atom is -0.477 e. The molecule has 0 aliphatic rings. The Morgan fingerprint density at radius 2 is 1.64 bits per heavy atom. The maximum absolute atomic E-state index is 12.5. The molecule has 1 aromatic heterocycles. The zero-order valence-corrected chi connectivity index (χ0v) is 15.9. The van der Waals surface area contributed by atoms with E-state index in [1.165, 1.54) is 11.6 Å². The van der Waals surface area contributed by atoms with Crippen molar-refractivity contribution in [2.24, 2.45) is 7.05 Å². The first-order valence-electron chi connectivity index (χ1n) is 7.54. The van der Waals surface area contributed by atoms with Crippen LogP contribution < -0.4 is 5.56 Å². The van der Waals surface area contributed by atoms with Crippen molar-refractivity contribution in [1.82, 2.24) is 4.57 Å². The van der Waals surface area contributed by atoms with Gasteiger partial charge in [0.2, 0.25) is 0 Å².